The number of aromatic nitrogens is 1. The molecule has 2 rings (SSSR count). The standard InChI is InChI=1S/C14H18N2O3/c1-16-12-5-3-2-4-11(12)10-13(16)14(18)15-6-8-19-9-7-17/h2-5,10,17H,6-9H2,1H3,(H,15,18). The number of carbonyl (C=O) groups excluding carboxylic acids is 1. The molecule has 0 unspecified atom stereocenters. The van der Waals surface area contributed by atoms with Crippen LogP contribution in [0.1, 0.15) is 10.5 Å². The van der Waals surface area contributed by atoms with Crippen molar-refractivity contribution in [1.29, 1.82) is 0 Å². The van der Waals surface area contributed by atoms with Crippen molar-refractivity contribution < 1.29 is 14.6 Å². The van der Waals surface area contributed by atoms with Gasteiger partial charge in [0, 0.05) is 24.5 Å². The molecule has 0 fully saturated rings. The Morgan fingerprint density at radius 2 is 2.16 bits per heavy atom. The zero-order valence-electron chi connectivity index (χ0n) is 10.9. The molecular formula is C14H18N2O3. The highest BCUT2D eigenvalue weighted by Crippen LogP contribution is 2.17. The third-order valence-electron chi connectivity index (χ3n) is 2.95. The highest BCUT2D eigenvalue weighted by molar-refractivity contribution is 5.98. The second kappa shape index (κ2) is 6.36. The SMILES string of the molecule is Cn1c(C(=O)NCCOCCO)cc2ccccc21. The Morgan fingerprint density at radius 1 is 1.37 bits per heavy atom. The van der Waals surface area contributed by atoms with Crippen LogP contribution in [-0.4, -0.2) is 41.9 Å². The summed E-state index contributed by atoms with van der Waals surface area (Å²) in [6, 6.07) is 9.74. The van der Waals surface area contributed by atoms with Crippen LogP contribution in [0.3, 0.4) is 0 Å². The number of fused-ring (bicyclic) bond motifs is 1. The van der Waals surface area contributed by atoms with E-state index in [4.69, 9.17) is 9.84 Å². The van der Waals surface area contributed by atoms with Crippen molar-refractivity contribution in [2.24, 2.45) is 7.05 Å². The molecule has 5 heteroatoms. The van der Waals surface area contributed by atoms with Gasteiger partial charge in [-0.1, -0.05) is 18.2 Å². The number of ether oxygens (including phenoxy) is 1. The molecule has 19 heavy (non-hydrogen) atoms. The van der Waals surface area contributed by atoms with Gasteiger partial charge in [-0.3, -0.25) is 4.79 Å². The Kier molecular flexibility index (Phi) is 4.54. The molecule has 2 aromatic rings. The molecule has 102 valence electrons. The summed E-state index contributed by atoms with van der Waals surface area (Å²) in [5.41, 5.74) is 1.66. The van der Waals surface area contributed by atoms with Gasteiger partial charge in [-0.25, -0.2) is 0 Å². The average Bonchev–Trinajstić information content (AvgIpc) is 2.76. The van der Waals surface area contributed by atoms with Crippen LogP contribution in [0.15, 0.2) is 30.3 Å². The van der Waals surface area contributed by atoms with Crippen molar-refractivity contribution in [3.63, 3.8) is 0 Å². The predicted molar refractivity (Wildman–Crippen MR) is 73.2 cm³/mol. The molecule has 1 amide bonds. The molecule has 0 aliphatic carbocycles. The van der Waals surface area contributed by atoms with Crippen LogP contribution in [0.5, 0.6) is 0 Å². The Morgan fingerprint density at radius 3 is 2.89 bits per heavy atom. The summed E-state index contributed by atoms with van der Waals surface area (Å²) < 4.78 is 6.96. The van der Waals surface area contributed by atoms with E-state index in [1.54, 1.807) is 0 Å². The van der Waals surface area contributed by atoms with Gasteiger partial charge in [0.05, 0.1) is 19.8 Å². The van der Waals surface area contributed by atoms with E-state index in [-0.39, 0.29) is 12.5 Å². The molecule has 0 aliphatic rings. The van der Waals surface area contributed by atoms with Crippen LogP contribution in [-0.2, 0) is 11.8 Å². The Bertz CT molecular complexity index is 563. The topological polar surface area (TPSA) is 63.5 Å². The number of aryl methyl sites for hydroxylation is 1. The van der Waals surface area contributed by atoms with Gasteiger partial charge >= 0.3 is 0 Å². The van der Waals surface area contributed by atoms with Crippen molar-refractivity contribution in [3.05, 3.63) is 36.0 Å². The fraction of sp³-hybridized carbons (Fsp3) is 0.357. The summed E-state index contributed by atoms with van der Waals surface area (Å²) in [7, 11) is 1.87. The second-order valence-corrected chi connectivity index (χ2v) is 4.24. The van der Waals surface area contributed by atoms with Gasteiger partial charge in [0.15, 0.2) is 0 Å². The van der Waals surface area contributed by atoms with Crippen molar-refractivity contribution in [3.8, 4) is 0 Å². The van der Waals surface area contributed by atoms with E-state index in [0.29, 0.717) is 25.5 Å². The predicted octanol–water partition coefficient (Wildman–Crippen LogP) is 0.917. The molecule has 2 N–H and O–H groups in total. The van der Waals surface area contributed by atoms with Crippen LogP contribution in [0.25, 0.3) is 10.9 Å². The van der Waals surface area contributed by atoms with Gasteiger partial charge in [0.25, 0.3) is 5.91 Å². The highest BCUT2D eigenvalue weighted by Gasteiger charge is 2.12. The fourth-order valence-corrected chi connectivity index (χ4v) is 2.00. The molecule has 0 aliphatic heterocycles. The van der Waals surface area contributed by atoms with E-state index in [1.807, 2.05) is 41.9 Å². The van der Waals surface area contributed by atoms with E-state index < -0.39 is 0 Å². The van der Waals surface area contributed by atoms with Crippen molar-refractivity contribution in [2.45, 2.75) is 0 Å². The number of aliphatic hydroxyl groups excluding tert-OH is 1. The molecule has 1 aromatic heterocycles. The number of benzene rings is 1. The van der Waals surface area contributed by atoms with E-state index in [9.17, 15) is 4.79 Å². The molecule has 5 nitrogen and oxygen atoms in total. The van der Waals surface area contributed by atoms with Crippen LogP contribution in [0.4, 0.5) is 0 Å². The lowest BCUT2D eigenvalue weighted by molar-refractivity contribution is 0.0833. The van der Waals surface area contributed by atoms with Crippen molar-refractivity contribution >= 4 is 16.8 Å². The van der Waals surface area contributed by atoms with Gasteiger partial charge in [-0.05, 0) is 12.1 Å². The molecule has 0 bridgehead atoms. The number of carbonyl (C=O) groups is 1. The Hall–Kier alpha value is -1.85. The maximum Gasteiger partial charge on any atom is 0.268 e. The number of para-hydroxylation sites is 1. The molecule has 0 radical (unpaired) electrons. The molecular weight excluding hydrogens is 244 g/mol. The smallest absolute Gasteiger partial charge is 0.268 e. The molecule has 0 saturated carbocycles. The average molecular weight is 262 g/mol. The van der Waals surface area contributed by atoms with Crippen molar-refractivity contribution in [1.82, 2.24) is 9.88 Å². The molecule has 1 heterocycles. The first kappa shape index (κ1) is 13.6. The molecule has 1 aromatic carbocycles. The number of hydrogen-bond acceptors (Lipinski definition) is 3. The quantitative estimate of drug-likeness (QED) is 0.761. The van der Waals surface area contributed by atoms with E-state index >= 15 is 0 Å². The maximum absolute atomic E-state index is 12.0. The summed E-state index contributed by atoms with van der Waals surface area (Å²) in [4.78, 5) is 12.0. The molecule has 0 saturated heterocycles. The van der Waals surface area contributed by atoms with E-state index in [1.165, 1.54) is 0 Å². The van der Waals surface area contributed by atoms with Crippen LogP contribution in [0, 0.1) is 0 Å². The first-order chi connectivity index (χ1) is 9.24. The Labute approximate surface area is 111 Å². The van der Waals surface area contributed by atoms with E-state index in [2.05, 4.69) is 5.32 Å². The summed E-state index contributed by atoms with van der Waals surface area (Å²) in [5, 5.41) is 12.4. The number of hydrogen-bond donors (Lipinski definition) is 2. The van der Waals surface area contributed by atoms with Gasteiger partial charge in [0.1, 0.15) is 5.69 Å². The normalized spacial score (nSPS) is 10.8. The summed E-state index contributed by atoms with van der Waals surface area (Å²) in [5.74, 6) is -0.119. The lowest BCUT2D eigenvalue weighted by Gasteiger charge is -2.06. The van der Waals surface area contributed by atoms with Gasteiger partial charge < -0.3 is 19.7 Å². The highest BCUT2D eigenvalue weighted by atomic mass is 16.5. The number of amides is 1. The summed E-state index contributed by atoms with van der Waals surface area (Å²) in [6.07, 6.45) is 0. The van der Waals surface area contributed by atoms with Gasteiger partial charge in [-0.2, -0.15) is 0 Å². The lowest BCUT2D eigenvalue weighted by Crippen LogP contribution is -2.29. The second-order valence-electron chi connectivity index (χ2n) is 4.24. The molecule has 0 spiro atoms. The van der Waals surface area contributed by atoms with Gasteiger partial charge in [0.2, 0.25) is 0 Å². The zero-order chi connectivity index (χ0) is 13.7. The first-order valence-electron chi connectivity index (χ1n) is 6.25. The minimum Gasteiger partial charge on any atom is -0.394 e. The summed E-state index contributed by atoms with van der Waals surface area (Å²) in [6.45, 7) is 1.12. The number of nitrogens with one attached hydrogen (secondary N) is 1. The maximum atomic E-state index is 12.0. The summed E-state index contributed by atoms with van der Waals surface area (Å²) >= 11 is 0. The van der Waals surface area contributed by atoms with Crippen LogP contribution in [0.2, 0.25) is 0 Å². The largest absolute Gasteiger partial charge is 0.394 e. The van der Waals surface area contributed by atoms with E-state index in [0.717, 1.165) is 10.9 Å². The third-order valence-corrected chi connectivity index (χ3v) is 2.95. The van der Waals surface area contributed by atoms with Crippen LogP contribution < -0.4 is 5.32 Å². The van der Waals surface area contributed by atoms with Crippen LogP contribution >= 0.6 is 0 Å². The monoisotopic (exact) mass is 262 g/mol. The minimum atomic E-state index is -0.119. The number of rotatable bonds is 6. The lowest BCUT2D eigenvalue weighted by atomic mass is 10.2. The Balaban J connectivity index is 1.99. The first-order valence-corrected chi connectivity index (χ1v) is 6.25. The minimum absolute atomic E-state index is 0.00283. The number of nitrogens with zero attached hydrogens (tertiary/aromatic N) is 1. The number of aliphatic hydroxyl groups is 1. The molecule has 0 atom stereocenters. The third kappa shape index (κ3) is 3.13. The van der Waals surface area contributed by atoms with Crippen molar-refractivity contribution in [2.75, 3.05) is 26.4 Å². The zero-order valence-corrected chi connectivity index (χ0v) is 10.9. The van der Waals surface area contributed by atoms with Gasteiger partial charge in [-0.15, -0.1) is 0 Å². The fourth-order valence-electron chi connectivity index (χ4n) is 2.00.